The Hall–Kier alpha value is -4.58. The molecule has 0 bridgehead atoms. The van der Waals surface area contributed by atoms with Crippen molar-refractivity contribution in [3.63, 3.8) is 0 Å². The number of aromatic nitrogens is 3. The lowest BCUT2D eigenvalue weighted by Gasteiger charge is -2.21. The van der Waals surface area contributed by atoms with Crippen molar-refractivity contribution in [3.05, 3.63) is 71.7 Å². The Bertz CT molecular complexity index is 1670. The Balaban J connectivity index is 1.15. The first kappa shape index (κ1) is 27.6. The van der Waals surface area contributed by atoms with Gasteiger partial charge < -0.3 is 25.6 Å². The van der Waals surface area contributed by atoms with Crippen LogP contribution in [0.3, 0.4) is 0 Å². The number of amides is 2. The van der Waals surface area contributed by atoms with Crippen molar-refractivity contribution in [1.82, 2.24) is 29.9 Å². The molecule has 2 aromatic heterocycles. The molecular weight excluding hydrogens is 544 g/mol. The maximum absolute atomic E-state index is 14.8. The summed E-state index contributed by atoms with van der Waals surface area (Å²) in [6.45, 7) is 3.86. The van der Waals surface area contributed by atoms with Crippen molar-refractivity contribution < 1.29 is 23.1 Å². The van der Waals surface area contributed by atoms with Gasteiger partial charge >= 0.3 is 0 Å². The summed E-state index contributed by atoms with van der Waals surface area (Å²) in [5, 5.41) is 9.54. The third-order valence-corrected chi connectivity index (χ3v) is 7.90. The Labute approximate surface area is 241 Å². The second-order valence-electron chi connectivity index (χ2n) is 10.6. The summed E-state index contributed by atoms with van der Waals surface area (Å²) in [4.78, 5) is 36.4. The van der Waals surface area contributed by atoms with Crippen LogP contribution in [0.2, 0.25) is 0 Å². The van der Waals surface area contributed by atoms with Gasteiger partial charge in [-0.25, -0.2) is 14.4 Å². The van der Waals surface area contributed by atoms with Gasteiger partial charge in [-0.15, -0.1) is 0 Å². The van der Waals surface area contributed by atoms with Crippen LogP contribution in [-0.4, -0.2) is 69.9 Å². The van der Waals surface area contributed by atoms with E-state index < -0.39 is 11.6 Å². The van der Waals surface area contributed by atoms with E-state index in [0.29, 0.717) is 41.5 Å². The number of hydrogen-bond donors (Lipinski definition) is 3. The second-order valence-corrected chi connectivity index (χ2v) is 10.6. The Morgan fingerprint density at radius 1 is 1.12 bits per heavy atom. The number of methoxy groups -OCH3 is 1. The zero-order valence-electron chi connectivity index (χ0n) is 23.3. The first-order valence-electron chi connectivity index (χ1n) is 13.9. The minimum absolute atomic E-state index is 0.0362. The first-order valence-corrected chi connectivity index (χ1v) is 13.9. The van der Waals surface area contributed by atoms with E-state index in [4.69, 9.17) is 4.74 Å². The van der Waals surface area contributed by atoms with Gasteiger partial charge in [0, 0.05) is 48.3 Å². The van der Waals surface area contributed by atoms with E-state index in [0.717, 1.165) is 31.4 Å². The number of benzene rings is 2. The molecule has 0 radical (unpaired) electrons. The number of hydrogen-bond acceptors (Lipinski definition) is 7. The van der Waals surface area contributed by atoms with Gasteiger partial charge in [-0.3, -0.25) is 14.0 Å². The standard InChI is InChI=1S/C30H31F2N7O3/c1-17-14-18(5-6-20(17)29(40)37-19-9-12-38(16-19)30(41)22-4-3-10-33-22)36-27-28-35-15-23(39(28)13-11-34-27)21-7-8-24(42-2)26(32)25(21)31/h5-8,11,13-15,19,22,33H,3-4,9-10,12,16H2,1-2H3,(H,34,36)(H,37,40)/t19-,22-/m0/s1. The van der Waals surface area contributed by atoms with Gasteiger partial charge in [0.1, 0.15) is 0 Å². The lowest BCUT2D eigenvalue weighted by Crippen LogP contribution is -2.44. The molecule has 42 heavy (non-hydrogen) atoms. The molecule has 2 aliphatic heterocycles. The molecule has 2 amide bonds. The molecule has 0 spiro atoms. The number of halogens is 2. The zero-order valence-corrected chi connectivity index (χ0v) is 23.3. The van der Waals surface area contributed by atoms with Crippen LogP contribution in [0.25, 0.3) is 16.9 Å². The molecule has 4 aromatic rings. The molecule has 3 N–H and O–H groups in total. The van der Waals surface area contributed by atoms with E-state index in [1.807, 2.05) is 17.9 Å². The Morgan fingerprint density at radius 3 is 2.74 bits per heavy atom. The fourth-order valence-corrected chi connectivity index (χ4v) is 5.68. The fourth-order valence-electron chi connectivity index (χ4n) is 5.68. The highest BCUT2D eigenvalue weighted by Gasteiger charge is 2.33. The first-order chi connectivity index (χ1) is 20.3. The smallest absolute Gasteiger partial charge is 0.251 e. The van der Waals surface area contributed by atoms with Crippen LogP contribution in [0.4, 0.5) is 20.3 Å². The van der Waals surface area contributed by atoms with E-state index in [-0.39, 0.29) is 35.2 Å². The average molecular weight is 576 g/mol. The quantitative estimate of drug-likeness (QED) is 0.307. The molecule has 0 aliphatic carbocycles. The highest BCUT2D eigenvalue weighted by molar-refractivity contribution is 5.96. The summed E-state index contributed by atoms with van der Waals surface area (Å²) in [5.41, 5.74) is 2.77. The van der Waals surface area contributed by atoms with Gasteiger partial charge in [0.05, 0.1) is 25.0 Å². The normalized spacial score (nSPS) is 18.4. The van der Waals surface area contributed by atoms with Crippen LogP contribution in [0.1, 0.15) is 35.2 Å². The van der Waals surface area contributed by atoms with Crippen molar-refractivity contribution in [2.75, 3.05) is 32.1 Å². The van der Waals surface area contributed by atoms with E-state index in [1.54, 1.807) is 22.7 Å². The van der Waals surface area contributed by atoms with E-state index in [2.05, 4.69) is 25.9 Å². The molecule has 218 valence electrons. The molecule has 0 unspecified atom stereocenters. The monoisotopic (exact) mass is 575 g/mol. The largest absolute Gasteiger partial charge is 0.494 e. The number of imidazole rings is 1. The minimum atomic E-state index is -1.07. The van der Waals surface area contributed by atoms with Gasteiger partial charge in [0.15, 0.2) is 23.0 Å². The summed E-state index contributed by atoms with van der Waals surface area (Å²) in [6, 6.07) is 7.94. The van der Waals surface area contributed by atoms with Crippen LogP contribution in [0.15, 0.2) is 48.9 Å². The number of fused-ring (bicyclic) bond motifs is 1. The average Bonchev–Trinajstić information content (AvgIpc) is 3.76. The van der Waals surface area contributed by atoms with Crippen LogP contribution in [0, 0.1) is 18.6 Å². The van der Waals surface area contributed by atoms with Gasteiger partial charge in [-0.1, -0.05) is 0 Å². The number of nitrogens with zero attached hydrogens (tertiary/aromatic N) is 4. The van der Waals surface area contributed by atoms with Crippen LogP contribution >= 0.6 is 0 Å². The summed E-state index contributed by atoms with van der Waals surface area (Å²) in [6.07, 6.45) is 7.19. The molecular formula is C30H31F2N7O3. The van der Waals surface area contributed by atoms with Crippen molar-refractivity contribution >= 4 is 29.0 Å². The number of rotatable bonds is 7. The molecule has 12 heteroatoms. The zero-order chi connectivity index (χ0) is 29.4. The van der Waals surface area contributed by atoms with E-state index in [1.165, 1.54) is 31.6 Å². The maximum Gasteiger partial charge on any atom is 0.251 e. The SMILES string of the molecule is COc1ccc(-c2cnc3c(Nc4ccc(C(=O)N[C@H]5CCN(C(=O)[C@@H]6CCCN6)C5)c(C)c4)nccn23)c(F)c1F. The number of aryl methyl sites for hydroxylation is 1. The molecule has 2 fully saturated rings. The summed E-state index contributed by atoms with van der Waals surface area (Å²) >= 11 is 0. The third-order valence-electron chi connectivity index (χ3n) is 7.90. The molecule has 2 saturated heterocycles. The highest BCUT2D eigenvalue weighted by atomic mass is 19.2. The number of ether oxygens (including phenoxy) is 1. The summed E-state index contributed by atoms with van der Waals surface area (Å²) in [7, 11) is 1.28. The van der Waals surface area contributed by atoms with Gasteiger partial charge in [0.25, 0.3) is 5.91 Å². The second kappa shape index (κ2) is 11.4. The van der Waals surface area contributed by atoms with Crippen molar-refractivity contribution in [2.45, 2.75) is 38.3 Å². The van der Waals surface area contributed by atoms with Crippen molar-refractivity contribution in [1.29, 1.82) is 0 Å². The molecule has 6 rings (SSSR count). The molecule has 2 aromatic carbocycles. The Kier molecular flexibility index (Phi) is 7.46. The van der Waals surface area contributed by atoms with Gasteiger partial charge in [-0.05, 0) is 68.6 Å². The third kappa shape index (κ3) is 5.13. The van der Waals surface area contributed by atoms with Gasteiger partial charge in [0.2, 0.25) is 11.7 Å². The summed E-state index contributed by atoms with van der Waals surface area (Å²) < 4.78 is 35.7. The molecule has 2 aliphatic rings. The van der Waals surface area contributed by atoms with E-state index in [9.17, 15) is 18.4 Å². The highest BCUT2D eigenvalue weighted by Crippen LogP contribution is 2.31. The van der Waals surface area contributed by atoms with Crippen LogP contribution in [-0.2, 0) is 4.79 Å². The van der Waals surface area contributed by atoms with Crippen molar-refractivity contribution in [2.24, 2.45) is 0 Å². The molecule has 4 heterocycles. The predicted octanol–water partition coefficient (Wildman–Crippen LogP) is 3.82. The van der Waals surface area contributed by atoms with Crippen LogP contribution in [0.5, 0.6) is 5.75 Å². The lowest BCUT2D eigenvalue weighted by atomic mass is 10.1. The minimum Gasteiger partial charge on any atom is -0.494 e. The summed E-state index contributed by atoms with van der Waals surface area (Å²) in [5.74, 6) is -1.96. The molecule has 2 atom stereocenters. The number of likely N-dealkylation sites (tertiary alicyclic amines) is 1. The number of anilines is 2. The molecule has 0 saturated carbocycles. The lowest BCUT2D eigenvalue weighted by molar-refractivity contribution is -0.132. The Morgan fingerprint density at radius 2 is 1.98 bits per heavy atom. The maximum atomic E-state index is 14.8. The van der Waals surface area contributed by atoms with Gasteiger partial charge in [-0.2, -0.15) is 4.39 Å². The number of nitrogens with one attached hydrogen (secondary N) is 3. The fraction of sp³-hybridized carbons (Fsp3) is 0.333. The van der Waals surface area contributed by atoms with E-state index >= 15 is 0 Å². The van der Waals surface area contributed by atoms with Crippen LogP contribution < -0.4 is 20.7 Å². The predicted molar refractivity (Wildman–Crippen MR) is 153 cm³/mol. The number of carbonyl (C=O) groups excluding carboxylic acids is 2. The topological polar surface area (TPSA) is 113 Å². The molecule has 10 nitrogen and oxygen atoms in total. The number of carbonyl (C=O) groups is 2. The van der Waals surface area contributed by atoms with Crippen molar-refractivity contribution in [3.8, 4) is 17.0 Å².